The summed E-state index contributed by atoms with van der Waals surface area (Å²) in [5, 5.41) is 8.71. The maximum atomic E-state index is 12.5. The molecule has 5 heteroatoms. The summed E-state index contributed by atoms with van der Waals surface area (Å²) in [6.07, 6.45) is -2.06. The number of ether oxygens (including phenoxy) is 2. The lowest BCUT2D eigenvalue weighted by molar-refractivity contribution is 0.0419. The van der Waals surface area contributed by atoms with Crippen LogP contribution in [0.25, 0.3) is 0 Å². The first-order valence-electron chi connectivity index (χ1n) is 6.42. The number of carbonyl (C=O) groups is 2. The van der Waals surface area contributed by atoms with E-state index in [4.69, 9.17) is 14.6 Å². The van der Waals surface area contributed by atoms with Gasteiger partial charge in [-0.05, 0) is 6.07 Å². The summed E-state index contributed by atoms with van der Waals surface area (Å²) in [6.45, 7) is 0.0840. The third kappa shape index (κ3) is 2.45. The van der Waals surface area contributed by atoms with Crippen LogP contribution < -0.4 is 4.74 Å². The zero-order chi connectivity index (χ0) is 14.8. The van der Waals surface area contributed by atoms with Gasteiger partial charge in [0.1, 0.15) is 12.4 Å². The molecule has 1 aliphatic heterocycles. The molecule has 21 heavy (non-hydrogen) atoms. The maximum Gasteiger partial charge on any atom is 0.506 e. The molecule has 0 fully saturated rings. The van der Waals surface area contributed by atoms with Gasteiger partial charge in [-0.3, -0.25) is 4.79 Å². The van der Waals surface area contributed by atoms with Crippen LogP contribution in [-0.4, -0.2) is 23.7 Å². The summed E-state index contributed by atoms with van der Waals surface area (Å²) >= 11 is 0. The number of ketones is 1. The normalized spacial score (nSPS) is 15.9. The summed E-state index contributed by atoms with van der Waals surface area (Å²) in [5.41, 5.74) is 1.55. The highest BCUT2D eigenvalue weighted by atomic mass is 16.7. The number of para-hydroxylation sites is 1. The minimum absolute atomic E-state index is 0.0840. The minimum Gasteiger partial charge on any atom is -0.488 e. The highest BCUT2D eigenvalue weighted by Crippen LogP contribution is 2.38. The third-order valence-electron chi connectivity index (χ3n) is 3.30. The number of rotatable bonds is 3. The molecule has 3 rings (SSSR count). The van der Waals surface area contributed by atoms with E-state index in [1.54, 1.807) is 42.5 Å². The van der Waals surface area contributed by atoms with Crippen molar-refractivity contribution in [3.05, 3.63) is 65.2 Å². The van der Waals surface area contributed by atoms with Crippen molar-refractivity contribution in [1.82, 2.24) is 0 Å². The molecule has 1 N–H and O–H groups in total. The Morgan fingerprint density at radius 1 is 1.10 bits per heavy atom. The van der Waals surface area contributed by atoms with E-state index in [0.717, 1.165) is 0 Å². The van der Waals surface area contributed by atoms with Crippen molar-refractivity contribution in [3.8, 4) is 5.75 Å². The zero-order valence-corrected chi connectivity index (χ0v) is 11.0. The molecular formula is C16H12O5. The lowest BCUT2D eigenvalue weighted by Crippen LogP contribution is -2.10. The van der Waals surface area contributed by atoms with Crippen molar-refractivity contribution in [2.45, 2.75) is 6.10 Å². The first-order chi connectivity index (χ1) is 10.2. The average molecular weight is 284 g/mol. The number of carbonyl (C=O) groups excluding carboxylic acids is 1. The average Bonchev–Trinajstić information content (AvgIpc) is 2.90. The molecule has 0 spiro atoms. The highest BCUT2D eigenvalue weighted by molar-refractivity contribution is 6.11. The Labute approximate surface area is 120 Å². The van der Waals surface area contributed by atoms with Crippen molar-refractivity contribution in [2.24, 2.45) is 0 Å². The topological polar surface area (TPSA) is 72.8 Å². The summed E-state index contributed by atoms with van der Waals surface area (Å²) in [5.74, 6) is 0.237. The number of benzene rings is 2. The fourth-order valence-corrected chi connectivity index (χ4v) is 2.36. The number of hydrogen-bond donors (Lipinski definition) is 1. The Morgan fingerprint density at radius 2 is 1.86 bits per heavy atom. The summed E-state index contributed by atoms with van der Waals surface area (Å²) in [7, 11) is 0. The minimum atomic E-state index is -1.36. The largest absolute Gasteiger partial charge is 0.506 e. The van der Waals surface area contributed by atoms with Crippen LogP contribution in [0.1, 0.15) is 27.6 Å². The van der Waals surface area contributed by atoms with Crippen molar-refractivity contribution < 1.29 is 24.2 Å². The van der Waals surface area contributed by atoms with E-state index in [0.29, 0.717) is 22.4 Å². The SMILES string of the molecule is O=C(O)OC1COc2c(C(=O)c3ccccc3)cccc21. The van der Waals surface area contributed by atoms with E-state index >= 15 is 0 Å². The number of carboxylic acid groups (broad SMARTS) is 1. The van der Waals surface area contributed by atoms with Crippen molar-refractivity contribution in [1.29, 1.82) is 0 Å². The standard InChI is InChI=1S/C16H12O5/c17-14(10-5-2-1-3-6-10)12-8-4-7-11-13(21-16(18)19)9-20-15(11)12/h1-8,13H,9H2,(H,18,19). The lowest BCUT2D eigenvalue weighted by atomic mass is 9.99. The molecule has 0 aliphatic carbocycles. The number of fused-ring (bicyclic) bond motifs is 1. The molecule has 0 radical (unpaired) electrons. The second-order valence-corrected chi connectivity index (χ2v) is 4.60. The lowest BCUT2D eigenvalue weighted by Gasteiger charge is -2.08. The van der Waals surface area contributed by atoms with Gasteiger partial charge in [0.25, 0.3) is 0 Å². The molecule has 0 bridgehead atoms. The van der Waals surface area contributed by atoms with Crippen LogP contribution in [0, 0.1) is 0 Å². The Bertz CT molecular complexity index is 693. The Hall–Kier alpha value is -2.82. The Balaban J connectivity index is 1.98. The van der Waals surface area contributed by atoms with Crippen molar-refractivity contribution >= 4 is 11.9 Å². The quantitative estimate of drug-likeness (QED) is 0.692. The van der Waals surface area contributed by atoms with Gasteiger partial charge in [-0.25, -0.2) is 4.79 Å². The zero-order valence-electron chi connectivity index (χ0n) is 11.0. The molecule has 1 atom stereocenters. The van der Waals surface area contributed by atoms with Gasteiger partial charge in [0.05, 0.1) is 5.56 Å². The predicted molar refractivity (Wildman–Crippen MR) is 73.7 cm³/mol. The van der Waals surface area contributed by atoms with E-state index in [-0.39, 0.29) is 12.4 Å². The van der Waals surface area contributed by atoms with E-state index in [1.165, 1.54) is 0 Å². The fourth-order valence-electron chi connectivity index (χ4n) is 2.36. The van der Waals surface area contributed by atoms with Crippen LogP contribution in [0.5, 0.6) is 5.75 Å². The molecule has 106 valence electrons. The molecule has 1 aliphatic rings. The molecule has 1 unspecified atom stereocenters. The molecule has 1 heterocycles. The molecule has 2 aromatic carbocycles. The molecular weight excluding hydrogens is 272 g/mol. The van der Waals surface area contributed by atoms with Gasteiger partial charge in [-0.1, -0.05) is 42.5 Å². The van der Waals surface area contributed by atoms with E-state index in [2.05, 4.69) is 0 Å². The van der Waals surface area contributed by atoms with Gasteiger partial charge >= 0.3 is 6.16 Å². The first kappa shape index (κ1) is 13.2. The number of hydrogen-bond acceptors (Lipinski definition) is 4. The molecule has 0 saturated heterocycles. The van der Waals surface area contributed by atoms with Gasteiger partial charge in [0.2, 0.25) is 0 Å². The smallest absolute Gasteiger partial charge is 0.488 e. The summed E-state index contributed by atoms with van der Waals surface area (Å²) < 4.78 is 10.2. The highest BCUT2D eigenvalue weighted by Gasteiger charge is 2.31. The van der Waals surface area contributed by atoms with Crippen LogP contribution >= 0.6 is 0 Å². The Morgan fingerprint density at radius 3 is 2.57 bits per heavy atom. The second kappa shape index (κ2) is 5.28. The van der Waals surface area contributed by atoms with Gasteiger partial charge in [0, 0.05) is 11.1 Å². The summed E-state index contributed by atoms with van der Waals surface area (Å²) in [6, 6.07) is 13.9. The molecule has 0 aromatic heterocycles. The molecule has 2 aromatic rings. The first-order valence-corrected chi connectivity index (χ1v) is 6.42. The third-order valence-corrected chi connectivity index (χ3v) is 3.30. The second-order valence-electron chi connectivity index (χ2n) is 4.60. The predicted octanol–water partition coefficient (Wildman–Crippen LogP) is 3.05. The van der Waals surface area contributed by atoms with Crippen LogP contribution in [0.4, 0.5) is 4.79 Å². The van der Waals surface area contributed by atoms with E-state index < -0.39 is 12.3 Å². The van der Waals surface area contributed by atoms with Crippen LogP contribution in [0.2, 0.25) is 0 Å². The van der Waals surface area contributed by atoms with Crippen LogP contribution in [0.15, 0.2) is 48.5 Å². The van der Waals surface area contributed by atoms with Crippen LogP contribution in [-0.2, 0) is 4.74 Å². The van der Waals surface area contributed by atoms with E-state index in [9.17, 15) is 9.59 Å². The van der Waals surface area contributed by atoms with Gasteiger partial charge in [0.15, 0.2) is 11.9 Å². The van der Waals surface area contributed by atoms with Gasteiger partial charge in [-0.15, -0.1) is 0 Å². The fraction of sp³-hybridized carbons (Fsp3) is 0.125. The molecule has 0 amide bonds. The molecule has 5 nitrogen and oxygen atoms in total. The van der Waals surface area contributed by atoms with Crippen molar-refractivity contribution in [2.75, 3.05) is 6.61 Å². The monoisotopic (exact) mass is 284 g/mol. The van der Waals surface area contributed by atoms with Crippen molar-refractivity contribution in [3.63, 3.8) is 0 Å². The van der Waals surface area contributed by atoms with Crippen LogP contribution in [0.3, 0.4) is 0 Å². The Kier molecular flexibility index (Phi) is 3.31. The maximum absolute atomic E-state index is 12.5. The molecule has 0 saturated carbocycles. The van der Waals surface area contributed by atoms with Gasteiger partial charge in [-0.2, -0.15) is 0 Å². The van der Waals surface area contributed by atoms with Gasteiger partial charge < -0.3 is 14.6 Å². The summed E-state index contributed by atoms with van der Waals surface area (Å²) in [4.78, 5) is 23.2. The van der Waals surface area contributed by atoms with E-state index in [1.807, 2.05) is 6.07 Å².